The minimum absolute atomic E-state index is 0.0400. The summed E-state index contributed by atoms with van der Waals surface area (Å²) in [7, 11) is 0. The molecule has 4 nitrogen and oxygen atoms in total. The minimum atomic E-state index is -1.63. The van der Waals surface area contributed by atoms with Crippen LogP contribution in [0.2, 0.25) is 0 Å². The van der Waals surface area contributed by atoms with Gasteiger partial charge >= 0.3 is 0 Å². The molecule has 3 aromatic rings. The third-order valence-corrected chi connectivity index (χ3v) is 4.69. The summed E-state index contributed by atoms with van der Waals surface area (Å²) >= 11 is 0. The van der Waals surface area contributed by atoms with Crippen molar-refractivity contribution < 1.29 is 18.0 Å². The Hall–Kier alpha value is -3.35. The summed E-state index contributed by atoms with van der Waals surface area (Å²) in [5.74, 6) is -5.12. The van der Waals surface area contributed by atoms with E-state index in [0.717, 1.165) is 42.9 Å². The molecule has 0 saturated heterocycles. The van der Waals surface area contributed by atoms with E-state index in [1.807, 2.05) is 18.2 Å². The third kappa shape index (κ3) is 3.31. The van der Waals surface area contributed by atoms with Gasteiger partial charge in [-0.2, -0.15) is 0 Å². The summed E-state index contributed by atoms with van der Waals surface area (Å²) in [4.78, 5) is 18.6. The molecule has 1 aliphatic rings. The third-order valence-electron chi connectivity index (χ3n) is 4.69. The lowest BCUT2D eigenvalue weighted by Gasteiger charge is -2.31. The predicted octanol–water partition coefficient (Wildman–Crippen LogP) is 4.84. The number of aryl methyl sites for hydroxylation is 1. The van der Waals surface area contributed by atoms with Crippen molar-refractivity contribution in [1.82, 2.24) is 4.98 Å². The van der Waals surface area contributed by atoms with Crippen LogP contribution < -0.4 is 10.2 Å². The van der Waals surface area contributed by atoms with Gasteiger partial charge in [-0.25, -0.2) is 18.2 Å². The number of aromatic nitrogens is 1. The number of rotatable bonds is 3. The number of halogens is 3. The number of carbonyl (C=O) groups is 1. The zero-order valence-electron chi connectivity index (χ0n) is 14.8. The van der Waals surface area contributed by atoms with E-state index in [4.69, 9.17) is 0 Å². The number of hydrogen-bond donors (Lipinski definition) is 1. The number of amides is 1. The molecule has 0 bridgehead atoms. The highest BCUT2D eigenvalue weighted by atomic mass is 19.2. The van der Waals surface area contributed by atoms with Crippen LogP contribution in [0.15, 0.2) is 54.7 Å². The smallest absolute Gasteiger partial charge is 0.274 e. The van der Waals surface area contributed by atoms with Crippen molar-refractivity contribution in [3.05, 3.63) is 83.4 Å². The van der Waals surface area contributed by atoms with Gasteiger partial charge in [-0.1, -0.05) is 18.2 Å². The number of pyridine rings is 1. The lowest BCUT2D eigenvalue weighted by Crippen LogP contribution is -2.24. The maximum Gasteiger partial charge on any atom is 0.274 e. The fraction of sp³-hybridized carbons (Fsp3) is 0.143. The van der Waals surface area contributed by atoms with Crippen molar-refractivity contribution in [2.24, 2.45) is 0 Å². The maximum atomic E-state index is 13.7. The molecule has 0 saturated carbocycles. The van der Waals surface area contributed by atoms with Gasteiger partial charge in [0.05, 0.1) is 17.6 Å². The van der Waals surface area contributed by atoms with Crippen LogP contribution in [0, 0.1) is 17.5 Å². The number of hydrogen-bond acceptors (Lipinski definition) is 3. The van der Waals surface area contributed by atoms with Gasteiger partial charge in [0, 0.05) is 12.2 Å². The van der Waals surface area contributed by atoms with Crippen molar-refractivity contribution in [2.45, 2.75) is 12.8 Å². The molecule has 4 rings (SSSR count). The van der Waals surface area contributed by atoms with E-state index in [2.05, 4.69) is 21.3 Å². The van der Waals surface area contributed by atoms with Crippen LogP contribution in [-0.2, 0) is 6.42 Å². The molecule has 0 radical (unpaired) electrons. The molecule has 7 heteroatoms. The van der Waals surface area contributed by atoms with E-state index in [0.29, 0.717) is 0 Å². The molecule has 0 unspecified atom stereocenters. The molecule has 28 heavy (non-hydrogen) atoms. The van der Waals surface area contributed by atoms with Gasteiger partial charge < -0.3 is 10.2 Å². The van der Waals surface area contributed by atoms with Crippen LogP contribution in [0.4, 0.5) is 30.2 Å². The highest BCUT2D eigenvalue weighted by Gasteiger charge is 2.19. The first-order valence-electron chi connectivity index (χ1n) is 8.81. The summed E-state index contributed by atoms with van der Waals surface area (Å²) in [6.07, 6.45) is 3.59. The Balaban J connectivity index is 1.54. The van der Waals surface area contributed by atoms with E-state index in [9.17, 15) is 18.0 Å². The quantitative estimate of drug-likeness (QED) is 0.659. The van der Waals surface area contributed by atoms with E-state index in [1.165, 1.54) is 11.6 Å². The number of fused-ring (bicyclic) bond motifs is 1. The first-order chi connectivity index (χ1) is 13.5. The van der Waals surface area contributed by atoms with E-state index in [-0.39, 0.29) is 5.69 Å². The lowest BCUT2D eigenvalue weighted by atomic mass is 10.0. The van der Waals surface area contributed by atoms with Crippen molar-refractivity contribution in [1.29, 1.82) is 0 Å². The molecule has 1 aromatic heterocycles. The highest BCUT2D eigenvalue weighted by molar-refractivity contribution is 6.03. The predicted molar refractivity (Wildman–Crippen MR) is 100 cm³/mol. The van der Waals surface area contributed by atoms with Crippen LogP contribution in [0.25, 0.3) is 0 Å². The Labute approximate surface area is 159 Å². The van der Waals surface area contributed by atoms with Crippen molar-refractivity contribution in [2.75, 3.05) is 16.8 Å². The fourth-order valence-corrected chi connectivity index (χ4v) is 3.29. The summed E-state index contributed by atoms with van der Waals surface area (Å²) in [6, 6.07) is 13.1. The van der Waals surface area contributed by atoms with Crippen molar-refractivity contribution >= 4 is 23.0 Å². The second-order valence-electron chi connectivity index (χ2n) is 6.46. The number of carbonyl (C=O) groups excluding carboxylic acids is 1. The molecule has 1 N–H and O–H groups in total. The topological polar surface area (TPSA) is 45.2 Å². The largest absolute Gasteiger partial charge is 0.340 e. The lowest BCUT2D eigenvalue weighted by molar-refractivity contribution is 0.102. The molecule has 1 amide bonds. The molecule has 2 heterocycles. The number of nitrogens with zero attached hydrogens (tertiary/aromatic N) is 2. The average molecular weight is 383 g/mol. The Kier molecular flexibility index (Phi) is 4.73. The van der Waals surface area contributed by atoms with E-state index in [1.54, 1.807) is 12.3 Å². The molecule has 0 spiro atoms. The molecule has 2 aromatic carbocycles. The van der Waals surface area contributed by atoms with Crippen LogP contribution in [0.1, 0.15) is 22.5 Å². The van der Waals surface area contributed by atoms with Crippen LogP contribution in [-0.4, -0.2) is 17.4 Å². The molecule has 0 aliphatic carbocycles. The second kappa shape index (κ2) is 7.34. The number of para-hydroxylation sites is 1. The summed E-state index contributed by atoms with van der Waals surface area (Å²) in [6.45, 7) is 0.838. The van der Waals surface area contributed by atoms with Gasteiger partial charge in [0.2, 0.25) is 0 Å². The second-order valence-corrected chi connectivity index (χ2v) is 6.46. The van der Waals surface area contributed by atoms with Gasteiger partial charge in [-0.05, 0) is 48.7 Å². The maximum absolute atomic E-state index is 13.7. The van der Waals surface area contributed by atoms with Crippen LogP contribution >= 0.6 is 0 Å². The molecular formula is C21H16F3N3O. The van der Waals surface area contributed by atoms with Gasteiger partial charge in [0.1, 0.15) is 5.69 Å². The SMILES string of the molecule is O=C(Nc1ccc(F)c(F)c1F)c1ccc(N2CCCc3ccccc32)cn1. The normalized spacial score (nSPS) is 13.2. The number of benzene rings is 2. The summed E-state index contributed by atoms with van der Waals surface area (Å²) in [5.41, 5.74) is 2.79. The average Bonchev–Trinajstić information content (AvgIpc) is 2.74. The number of nitrogens with one attached hydrogen (secondary N) is 1. The monoisotopic (exact) mass is 383 g/mol. The van der Waals surface area contributed by atoms with Gasteiger partial charge in [-0.3, -0.25) is 4.79 Å². The van der Waals surface area contributed by atoms with Crippen LogP contribution in [0.5, 0.6) is 0 Å². The Morgan fingerprint density at radius 2 is 1.82 bits per heavy atom. The zero-order chi connectivity index (χ0) is 19.7. The van der Waals surface area contributed by atoms with Crippen molar-refractivity contribution in [3.8, 4) is 0 Å². The van der Waals surface area contributed by atoms with Gasteiger partial charge in [0.15, 0.2) is 17.5 Å². The highest BCUT2D eigenvalue weighted by Crippen LogP contribution is 2.32. The Bertz CT molecular complexity index is 1040. The van der Waals surface area contributed by atoms with E-state index >= 15 is 0 Å². The first kappa shape index (κ1) is 18.0. The van der Waals surface area contributed by atoms with E-state index < -0.39 is 29.0 Å². The molecule has 1 aliphatic heterocycles. The molecule has 0 fully saturated rings. The molecular weight excluding hydrogens is 367 g/mol. The van der Waals surface area contributed by atoms with Gasteiger partial charge in [0.25, 0.3) is 5.91 Å². The standard InChI is InChI=1S/C21H16F3N3O/c22-15-8-10-16(20(24)19(15)23)26-21(28)17-9-7-14(12-25-17)27-11-3-5-13-4-1-2-6-18(13)27/h1-2,4,6-10,12H,3,5,11H2,(H,26,28). The molecule has 0 atom stereocenters. The Morgan fingerprint density at radius 3 is 2.61 bits per heavy atom. The fourth-order valence-electron chi connectivity index (χ4n) is 3.29. The van der Waals surface area contributed by atoms with Crippen molar-refractivity contribution in [3.63, 3.8) is 0 Å². The van der Waals surface area contributed by atoms with Gasteiger partial charge in [-0.15, -0.1) is 0 Å². The first-order valence-corrected chi connectivity index (χ1v) is 8.81. The molecule has 142 valence electrons. The minimum Gasteiger partial charge on any atom is -0.340 e. The summed E-state index contributed by atoms with van der Waals surface area (Å²) < 4.78 is 40.0. The van der Waals surface area contributed by atoms with Crippen LogP contribution in [0.3, 0.4) is 0 Å². The Morgan fingerprint density at radius 1 is 1.00 bits per heavy atom. The summed E-state index contributed by atoms with van der Waals surface area (Å²) in [5, 5.41) is 2.21. The number of anilines is 3. The zero-order valence-corrected chi connectivity index (χ0v) is 14.8.